The number of hydrogen-bond acceptors (Lipinski definition) is 1. The van der Waals surface area contributed by atoms with E-state index in [0.29, 0.717) is 0 Å². The molecule has 0 amide bonds. The molecule has 0 aliphatic rings. The normalized spacial score (nSPS) is 11.8. The molecule has 0 spiro atoms. The van der Waals surface area contributed by atoms with Gasteiger partial charge in [-0.2, -0.15) is 0 Å². The number of aromatic nitrogens is 4. The summed E-state index contributed by atoms with van der Waals surface area (Å²) in [4.78, 5) is 5.21. The number of benzene rings is 7. The van der Waals surface area contributed by atoms with Crippen LogP contribution in [0.1, 0.15) is 0 Å². The lowest BCUT2D eigenvalue weighted by Gasteiger charge is -2.13. The molecule has 0 fully saturated rings. The van der Waals surface area contributed by atoms with E-state index < -0.39 is 0 Å². The third kappa shape index (κ3) is 4.52. The molecule has 0 saturated heterocycles. The summed E-state index contributed by atoms with van der Waals surface area (Å²) < 4.78 is 7.10. The number of hydrogen-bond donors (Lipinski definition) is 0. The van der Waals surface area contributed by atoms with Crippen molar-refractivity contribution in [1.29, 1.82) is 0 Å². The van der Waals surface area contributed by atoms with E-state index in [1.807, 2.05) is 6.07 Å². The van der Waals surface area contributed by atoms with Gasteiger partial charge in [0.2, 0.25) is 0 Å². The number of nitrogens with zero attached hydrogens (tertiary/aromatic N) is 4. The summed E-state index contributed by atoms with van der Waals surface area (Å²) in [5, 5.41) is 4.98. The first kappa shape index (κ1) is 29.5. The van der Waals surface area contributed by atoms with E-state index in [0.717, 1.165) is 50.7 Å². The molecule has 4 heterocycles. The van der Waals surface area contributed by atoms with E-state index in [1.54, 1.807) is 0 Å². The summed E-state index contributed by atoms with van der Waals surface area (Å²) >= 11 is 0. The van der Waals surface area contributed by atoms with Crippen LogP contribution in [-0.4, -0.2) is 18.5 Å². The Kier molecular flexibility index (Phi) is 6.52. The van der Waals surface area contributed by atoms with E-state index in [-0.39, 0.29) is 0 Å². The first-order valence-electron chi connectivity index (χ1n) is 18.1. The Bertz CT molecular complexity index is 3130. The van der Waals surface area contributed by atoms with Gasteiger partial charge in [0.05, 0.1) is 33.5 Å². The summed E-state index contributed by atoms with van der Waals surface area (Å²) in [5.41, 5.74) is 14.6. The molecule has 0 atom stereocenters. The van der Waals surface area contributed by atoms with Crippen LogP contribution in [0.5, 0.6) is 0 Å². The van der Waals surface area contributed by atoms with Gasteiger partial charge in [0.15, 0.2) is 0 Å². The lowest BCUT2D eigenvalue weighted by Crippen LogP contribution is -1.98. The predicted octanol–water partition coefficient (Wildman–Crippen LogP) is 12.5. The molecule has 11 aromatic rings. The Morgan fingerprint density at radius 1 is 0.358 bits per heavy atom. The van der Waals surface area contributed by atoms with Gasteiger partial charge in [0.1, 0.15) is 5.65 Å². The number of rotatable bonds is 5. The minimum atomic E-state index is 0.919. The SMILES string of the molecule is c1ccc(-c2nc3cc(-c4ccc(-n5c6ccccc6c6ccc7c8ccccc8n(-c8ccccc8)c7c65)cc4)ccn3c2-c2ccccc2)cc1. The second-order valence-electron chi connectivity index (χ2n) is 13.6. The van der Waals surface area contributed by atoms with Crippen molar-refractivity contribution in [3.8, 4) is 45.0 Å². The van der Waals surface area contributed by atoms with Gasteiger partial charge in [0, 0.05) is 50.2 Å². The molecule has 0 radical (unpaired) electrons. The lowest BCUT2D eigenvalue weighted by atomic mass is 10.0. The van der Waals surface area contributed by atoms with Gasteiger partial charge < -0.3 is 9.13 Å². The summed E-state index contributed by atoms with van der Waals surface area (Å²) in [6.45, 7) is 0. The van der Waals surface area contributed by atoms with E-state index in [2.05, 4.69) is 202 Å². The molecule has 4 heteroatoms. The minimum Gasteiger partial charge on any atom is -0.307 e. The zero-order valence-electron chi connectivity index (χ0n) is 28.8. The highest BCUT2D eigenvalue weighted by Gasteiger charge is 2.21. The summed E-state index contributed by atoms with van der Waals surface area (Å²) in [7, 11) is 0. The highest BCUT2D eigenvalue weighted by atomic mass is 15.0. The highest BCUT2D eigenvalue weighted by Crippen LogP contribution is 2.42. The van der Waals surface area contributed by atoms with Crippen LogP contribution in [0.25, 0.3) is 94.3 Å². The quantitative estimate of drug-likeness (QED) is 0.178. The second-order valence-corrected chi connectivity index (χ2v) is 13.6. The van der Waals surface area contributed by atoms with Gasteiger partial charge in [-0.15, -0.1) is 0 Å². The first-order chi connectivity index (χ1) is 26.3. The molecule has 0 bridgehead atoms. The van der Waals surface area contributed by atoms with Crippen LogP contribution in [0, 0.1) is 0 Å². The molecular weight excluding hydrogens is 645 g/mol. The van der Waals surface area contributed by atoms with Crippen LogP contribution >= 0.6 is 0 Å². The monoisotopic (exact) mass is 676 g/mol. The van der Waals surface area contributed by atoms with E-state index in [1.165, 1.54) is 43.6 Å². The fourth-order valence-electron chi connectivity index (χ4n) is 8.31. The van der Waals surface area contributed by atoms with E-state index >= 15 is 0 Å². The third-order valence-electron chi connectivity index (χ3n) is 10.7. The van der Waals surface area contributed by atoms with Gasteiger partial charge in [0.25, 0.3) is 0 Å². The van der Waals surface area contributed by atoms with Crippen molar-refractivity contribution in [3.05, 3.63) is 194 Å². The Balaban J connectivity index is 1.10. The second kappa shape index (κ2) is 11.7. The molecule has 0 N–H and O–H groups in total. The molecule has 0 aliphatic carbocycles. The van der Waals surface area contributed by atoms with Crippen molar-refractivity contribution in [1.82, 2.24) is 18.5 Å². The van der Waals surface area contributed by atoms with Gasteiger partial charge in [-0.25, -0.2) is 4.98 Å². The highest BCUT2D eigenvalue weighted by molar-refractivity contribution is 6.23. The molecule has 4 nitrogen and oxygen atoms in total. The average molecular weight is 677 g/mol. The molecule has 4 aromatic heterocycles. The van der Waals surface area contributed by atoms with Crippen LogP contribution < -0.4 is 0 Å². The predicted molar refractivity (Wildman–Crippen MR) is 220 cm³/mol. The topological polar surface area (TPSA) is 27.2 Å². The van der Waals surface area contributed by atoms with Crippen molar-refractivity contribution in [3.63, 3.8) is 0 Å². The Hall–Kier alpha value is -7.17. The van der Waals surface area contributed by atoms with Crippen molar-refractivity contribution in [2.45, 2.75) is 0 Å². The van der Waals surface area contributed by atoms with Crippen LogP contribution in [0.3, 0.4) is 0 Å². The number of imidazole rings is 1. The molecule has 11 rings (SSSR count). The molecule has 0 saturated carbocycles. The van der Waals surface area contributed by atoms with Gasteiger partial charge in [-0.1, -0.05) is 140 Å². The molecule has 7 aromatic carbocycles. The van der Waals surface area contributed by atoms with Crippen molar-refractivity contribution in [2.24, 2.45) is 0 Å². The van der Waals surface area contributed by atoms with Crippen molar-refractivity contribution < 1.29 is 0 Å². The lowest BCUT2D eigenvalue weighted by molar-refractivity contribution is 1.15. The van der Waals surface area contributed by atoms with Gasteiger partial charge >= 0.3 is 0 Å². The Morgan fingerprint density at radius 2 is 0.868 bits per heavy atom. The first-order valence-corrected chi connectivity index (χ1v) is 18.1. The molecule has 248 valence electrons. The van der Waals surface area contributed by atoms with Gasteiger partial charge in [-0.3, -0.25) is 4.40 Å². The maximum Gasteiger partial charge on any atom is 0.138 e. The van der Waals surface area contributed by atoms with Crippen LogP contribution in [-0.2, 0) is 0 Å². The molecule has 0 aliphatic heterocycles. The summed E-state index contributed by atoms with van der Waals surface area (Å²) in [5.74, 6) is 0. The number of fused-ring (bicyclic) bond motifs is 8. The average Bonchev–Trinajstić information content (AvgIpc) is 3.90. The van der Waals surface area contributed by atoms with E-state index in [4.69, 9.17) is 4.98 Å². The van der Waals surface area contributed by atoms with Crippen LogP contribution in [0.4, 0.5) is 0 Å². The van der Waals surface area contributed by atoms with Crippen molar-refractivity contribution >= 4 is 49.3 Å². The number of pyridine rings is 1. The zero-order chi connectivity index (χ0) is 34.9. The minimum absolute atomic E-state index is 0.919. The zero-order valence-corrected chi connectivity index (χ0v) is 28.8. The van der Waals surface area contributed by atoms with Gasteiger partial charge in [-0.05, 0) is 59.7 Å². The summed E-state index contributed by atoms with van der Waals surface area (Å²) in [6, 6.07) is 67.3. The van der Waals surface area contributed by atoms with E-state index in [9.17, 15) is 0 Å². The maximum atomic E-state index is 5.21. The van der Waals surface area contributed by atoms with Crippen LogP contribution in [0.15, 0.2) is 194 Å². The maximum absolute atomic E-state index is 5.21. The standard InChI is InChI=1S/C49H32N4/c1-4-14-34(15-5-1)46-47(35-16-6-2-7-17-35)51-31-30-36(32-45(51)50-46)33-24-26-38(27-25-33)53-44-23-13-11-21-40(44)42-29-28-41-39-20-10-12-22-43(39)52(48(41)49(42)53)37-18-8-3-9-19-37/h1-32H. The van der Waals surface area contributed by atoms with Crippen LogP contribution in [0.2, 0.25) is 0 Å². The Morgan fingerprint density at radius 3 is 1.47 bits per heavy atom. The fourth-order valence-corrected chi connectivity index (χ4v) is 8.31. The fraction of sp³-hybridized carbons (Fsp3) is 0. The largest absolute Gasteiger partial charge is 0.307 e. The number of para-hydroxylation sites is 3. The molecular formula is C49H32N4. The Labute approximate surface area is 306 Å². The molecule has 53 heavy (non-hydrogen) atoms. The summed E-state index contributed by atoms with van der Waals surface area (Å²) in [6.07, 6.45) is 2.16. The molecule has 0 unspecified atom stereocenters. The third-order valence-corrected chi connectivity index (χ3v) is 10.7. The smallest absolute Gasteiger partial charge is 0.138 e. The van der Waals surface area contributed by atoms with Crippen molar-refractivity contribution in [2.75, 3.05) is 0 Å².